The first-order valence-corrected chi connectivity index (χ1v) is 24.1. The number of nitrogens with zero attached hydrogens (tertiary/aromatic N) is 3. The van der Waals surface area contributed by atoms with Crippen molar-refractivity contribution in [1.82, 2.24) is 5.32 Å². The summed E-state index contributed by atoms with van der Waals surface area (Å²) in [6, 6.07) is 0. The number of aliphatic hydroxyl groups excluding tert-OH is 1. The third-order valence-electron chi connectivity index (χ3n) is 14.3. The molecule has 5 heterocycles. The number of fused-ring (bicyclic) bond motifs is 5. The lowest BCUT2D eigenvalue weighted by Gasteiger charge is -2.20. The molecule has 0 saturated carbocycles. The van der Waals surface area contributed by atoms with Crippen molar-refractivity contribution in [3.8, 4) is 0 Å². The molecule has 64 heavy (non-hydrogen) atoms. The molecule has 5 aliphatic heterocycles. The highest BCUT2D eigenvalue weighted by atomic mass is 16.5. The summed E-state index contributed by atoms with van der Waals surface area (Å²) in [5.74, 6) is -0.0182. The van der Waals surface area contributed by atoms with E-state index in [1.807, 2.05) is 38.2 Å². The largest absolute Gasteiger partial charge is 0.510 e. The van der Waals surface area contributed by atoms with Crippen molar-refractivity contribution in [3.05, 3.63) is 116 Å². The van der Waals surface area contributed by atoms with E-state index in [0.29, 0.717) is 29.0 Å². The first-order valence-electron chi connectivity index (χ1n) is 24.1. The van der Waals surface area contributed by atoms with E-state index in [9.17, 15) is 14.7 Å². The van der Waals surface area contributed by atoms with Gasteiger partial charge in [0.05, 0.1) is 41.3 Å². The maximum atomic E-state index is 13.6. The van der Waals surface area contributed by atoms with E-state index in [1.54, 1.807) is 0 Å². The van der Waals surface area contributed by atoms with Crippen LogP contribution in [0.1, 0.15) is 146 Å². The minimum absolute atomic E-state index is 0.0838. The lowest BCUT2D eigenvalue weighted by atomic mass is 9.84. The second-order valence-corrected chi connectivity index (χ2v) is 19.5. The van der Waals surface area contributed by atoms with Gasteiger partial charge in [0, 0.05) is 46.4 Å². The molecule has 0 amide bonds. The normalized spacial score (nSPS) is 22.8. The number of hydrogen-bond acceptors (Lipinski definition) is 9. The highest BCUT2D eigenvalue weighted by Gasteiger charge is 2.49. The van der Waals surface area contributed by atoms with Crippen molar-refractivity contribution in [2.24, 2.45) is 50.5 Å². The minimum Gasteiger partial charge on any atom is -0.510 e. The molecule has 0 aromatic rings. The van der Waals surface area contributed by atoms with Crippen molar-refractivity contribution in [3.63, 3.8) is 0 Å². The van der Waals surface area contributed by atoms with Crippen LogP contribution in [0.15, 0.2) is 131 Å². The van der Waals surface area contributed by atoms with E-state index in [4.69, 9.17) is 24.5 Å². The number of ether oxygens (including phenoxy) is 2. The number of hydrogen-bond donors (Lipinski definition) is 2. The summed E-state index contributed by atoms with van der Waals surface area (Å²) < 4.78 is 11.1. The van der Waals surface area contributed by atoms with Gasteiger partial charge in [-0.25, -0.2) is 15.0 Å². The van der Waals surface area contributed by atoms with Gasteiger partial charge in [0.15, 0.2) is 0 Å². The molecule has 2 N–H and O–H groups in total. The fourth-order valence-corrected chi connectivity index (χ4v) is 10.2. The van der Waals surface area contributed by atoms with Gasteiger partial charge in [-0.2, -0.15) is 0 Å². The maximum Gasteiger partial charge on any atom is 0.321 e. The Bertz CT molecular complexity index is 2300. The van der Waals surface area contributed by atoms with Crippen molar-refractivity contribution in [1.29, 1.82) is 0 Å². The molecule has 344 valence electrons. The van der Waals surface area contributed by atoms with Gasteiger partial charge in [-0.3, -0.25) is 9.59 Å². The monoisotopic (exact) mass is 871 g/mol. The molecule has 0 unspecified atom stereocenters. The molecular formula is C55H74N4O5. The fraction of sp³-hybridized carbons (Fsp3) is 0.545. The molecule has 6 rings (SSSR count). The molecule has 5 atom stereocenters. The first kappa shape index (κ1) is 48.4. The number of aliphatic hydroxyl groups is 1. The Balaban J connectivity index is 1.20. The molecule has 0 aromatic heterocycles. The van der Waals surface area contributed by atoms with Crippen LogP contribution in [0, 0.1) is 35.5 Å². The van der Waals surface area contributed by atoms with Crippen LogP contribution in [-0.2, 0) is 19.1 Å². The quantitative estimate of drug-likeness (QED) is 0.0928. The van der Waals surface area contributed by atoms with Gasteiger partial charge in [-0.05, 0) is 118 Å². The number of esters is 2. The van der Waals surface area contributed by atoms with Crippen molar-refractivity contribution in [2.75, 3.05) is 13.7 Å². The average molecular weight is 871 g/mol. The molecule has 9 heteroatoms. The Morgan fingerprint density at radius 1 is 0.875 bits per heavy atom. The van der Waals surface area contributed by atoms with Gasteiger partial charge in [0.1, 0.15) is 18.3 Å². The number of allylic oxidation sites excluding steroid dienone is 12. The highest BCUT2D eigenvalue weighted by molar-refractivity contribution is 6.24. The summed E-state index contributed by atoms with van der Waals surface area (Å²) in [7, 11) is 1.33. The summed E-state index contributed by atoms with van der Waals surface area (Å²) in [5, 5.41) is 15.6. The number of rotatable bonds is 20. The highest BCUT2D eigenvalue weighted by Crippen LogP contribution is 2.49. The molecule has 1 fully saturated rings. The SMILES string of the molecule is C=CC1=C(C)C2=NC1=CC1=NC(=CC3=C(C)C4=C(O)[C@H](C(=O)OC)C(=C5NC(=C2)[C@H](C)[C@H]5CCC(=O)OC/C=C(\C)CCC[C@H](C)CCC[C@H](C)CCCC(C)C)C4=N3)C(CC)=C1C. The molecule has 8 bridgehead atoms. The van der Waals surface area contributed by atoms with Crippen LogP contribution in [-0.4, -0.2) is 47.9 Å². The van der Waals surface area contributed by atoms with E-state index < -0.39 is 11.9 Å². The molecule has 0 spiro atoms. The smallest absolute Gasteiger partial charge is 0.321 e. The van der Waals surface area contributed by atoms with E-state index in [1.165, 1.54) is 57.6 Å². The van der Waals surface area contributed by atoms with E-state index in [0.717, 1.165) is 99.1 Å². The van der Waals surface area contributed by atoms with Crippen molar-refractivity contribution < 1.29 is 24.2 Å². The number of methoxy groups -OCH3 is 1. The number of nitrogens with one attached hydrogen (secondary N) is 1. The predicted molar refractivity (Wildman–Crippen MR) is 262 cm³/mol. The van der Waals surface area contributed by atoms with Gasteiger partial charge in [0.25, 0.3) is 0 Å². The summed E-state index contributed by atoms with van der Waals surface area (Å²) in [6.45, 7) is 26.2. The predicted octanol–water partition coefficient (Wildman–Crippen LogP) is 13.0. The summed E-state index contributed by atoms with van der Waals surface area (Å²) in [6.07, 6.45) is 22.7. The number of carbonyl (C=O) groups excluding carboxylic acids is 2. The Kier molecular flexibility index (Phi) is 16.1. The standard InChI is InChI=1S/C55H74N4O5/c1-13-39-35(8)42-28-44-37(10)41(24-25-48(60)64-27-26-34(7)23-17-22-33(6)21-16-20-32(5)19-15-18-31(3)4)52(58-44)50-51(55(62)63-12)54(61)49-38(11)45(59-53(49)50)30-47-40(14-2)36(9)43(57-47)29-46(39)56-42/h13,26,28-33,37,41,51,58,61H,1,14-25,27H2,2-12H3/b34-26+,44-28?,46-29?,47-30?,52-50?/t32-,33-,37-,41-,51-/m1/s1. The molecule has 1 aliphatic carbocycles. The van der Waals surface area contributed by atoms with Crippen LogP contribution in [0.2, 0.25) is 0 Å². The molecule has 1 saturated heterocycles. The zero-order valence-corrected chi connectivity index (χ0v) is 40.7. The third kappa shape index (κ3) is 10.6. The van der Waals surface area contributed by atoms with Crippen molar-refractivity contribution >= 4 is 29.1 Å². The van der Waals surface area contributed by atoms with Gasteiger partial charge in [-0.15, -0.1) is 0 Å². The lowest BCUT2D eigenvalue weighted by molar-refractivity contribution is -0.144. The Hall–Kier alpha value is -5.05. The van der Waals surface area contributed by atoms with Gasteiger partial charge >= 0.3 is 11.9 Å². The Labute approximate surface area is 383 Å². The van der Waals surface area contributed by atoms with Crippen LogP contribution < -0.4 is 5.32 Å². The Morgan fingerprint density at radius 3 is 2.19 bits per heavy atom. The number of aliphatic imine (C=N–C) groups is 3. The maximum absolute atomic E-state index is 13.6. The summed E-state index contributed by atoms with van der Waals surface area (Å²) >= 11 is 0. The minimum atomic E-state index is -1.08. The summed E-state index contributed by atoms with van der Waals surface area (Å²) in [5.41, 5.74) is 13.3. The summed E-state index contributed by atoms with van der Waals surface area (Å²) in [4.78, 5) is 42.4. The van der Waals surface area contributed by atoms with Crippen molar-refractivity contribution in [2.45, 2.75) is 146 Å². The molecule has 6 aliphatic rings. The molecule has 0 radical (unpaired) electrons. The molecule has 9 nitrogen and oxygen atoms in total. The van der Waals surface area contributed by atoms with Gasteiger partial charge in [0.2, 0.25) is 0 Å². The van der Waals surface area contributed by atoms with Crippen LogP contribution >= 0.6 is 0 Å². The van der Waals surface area contributed by atoms with Gasteiger partial charge in [-0.1, -0.05) is 105 Å². The second kappa shape index (κ2) is 21.3. The van der Waals surface area contributed by atoms with Gasteiger partial charge < -0.3 is 19.9 Å². The third-order valence-corrected chi connectivity index (χ3v) is 14.3. The molecule has 0 aromatic carbocycles. The van der Waals surface area contributed by atoms with Crippen LogP contribution in [0.5, 0.6) is 0 Å². The van der Waals surface area contributed by atoms with Crippen LogP contribution in [0.3, 0.4) is 0 Å². The fourth-order valence-electron chi connectivity index (χ4n) is 10.2. The zero-order chi connectivity index (χ0) is 46.4. The Morgan fingerprint density at radius 2 is 1.53 bits per heavy atom. The lowest BCUT2D eigenvalue weighted by Crippen LogP contribution is -2.25. The molecular weight excluding hydrogens is 797 g/mol. The van der Waals surface area contributed by atoms with E-state index >= 15 is 0 Å². The van der Waals surface area contributed by atoms with E-state index in [2.05, 4.69) is 73.4 Å². The van der Waals surface area contributed by atoms with E-state index in [-0.39, 0.29) is 36.6 Å². The number of carbonyl (C=O) groups is 2. The average Bonchev–Trinajstić information content (AvgIpc) is 3.99. The second-order valence-electron chi connectivity index (χ2n) is 19.5. The zero-order valence-electron chi connectivity index (χ0n) is 40.7. The van der Waals surface area contributed by atoms with Crippen LogP contribution in [0.4, 0.5) is 0 Å². The van der Waals surface area contributed by atoms with Crippen LogP contribution in [0.25, 0.3) is 0 Å². The topological polar surface area (TPSA) is 122 Å². The first-order chi connectivity index (χ1) is 30.6.